The number of hydrogen-bond donors (Lipinski definition) is 1. The molecular weight excluding hydrogens is 448 g/mol. The molecule has 0 saturated carbocycles. The molecule has 0 aromatic heterocycles. The molecule has 0 spiro atoms. The minimum absolute atomic E-state index is 0.0835. The third kappa shape index (κ3) is 4.98. The van der Waals surface area contributed by atoms with E-state index in [0.29, 0.717) is 27.6 Å². The first kappa shape index (κ1) is 22.8. The van der Waals surface area contributed by atoms with Crippen LogP contribution in [0.25, 0.3) is 16.8 Å². The van der Waals surface area contributed by atoms with Gasteiger partial charge in [-0.25, -0.2) is 4.79 Å². The predicted octanol–water partition coefficient (Wildman–Crippen LogP) is 6.57. The fourth-order valence-corrected chi connectivity index (χ4v) is 3.75. The highest BCUT2D eigenvalue weighted by atomic mass is 35.5. The number of aryl methyl sites for hydroxylation is 1. The quantitative estimate of drug-likeness (QED) is 0.156. The van der Waals surface area contributed by atoms with Gasteiger partial charge in [-0.1, -0.05) is 72.3 Å². The summed E-state index contributed by atoms with van der Waals surface area (Å²) in [4.78, 5) is 25.3. The van der Waals surface area contributed by atoms with Crippen LogP contribution >= 0.6 is 11.6 Å². The number of nitrogens with one attached hydrogen (secondary N) is 1. The number of anilines is 1. The highest BCUT2D eigenvalue weighted by molar-refractivity contribution is 6.34. The summed E-state index contributed by atoms with van der Waals surface area (Å²) in [5, 5.41) is 14.3. The first-order valence-corrected chi connectivity index (χ1v) is 10.8. The molecule has 0 aliphatic heterocycles. The number of carbonyl (C=O) groups is 2. The lowest BCUT2D eigenvalue weighted by Gasteiger charge is -2.10. The van der Waals surface area contributed by atoms with Gasteiger partial charge in [0.1, 0.15) is 17.4 Å². The Bertz CT molecular complexity index is 1440. The van der Waals surface area contributed by atoms with Crippen LogP contribution in [0.3, 0.4) is 0 Å². The molecule has 4 rings (SSSR count). The van der Waals surface area contributed by atoms with Gasteiger partial charge in [0.05, 0.1) is 16.3 Å². The minimum atomic E-state index is -0.565. The number of rotatable bonds is 5. The molecule has 0 fully saturated rings. The van der Waals surface area contributed by atoms with Crippen LogP contribution in [0.15, 0.2) is 90.5 Å². The lowest BCUT2D eigenvalue weighted by molar-refractivity contribution is -0.112. The second-order valence-electron chi connectivity index (χ2n) is 7.54. The number of carbonyl (C=O) groups excluding carboxylic acids is 2. The Hall–Kier alpha value is -4.40. The normalized spacial score (nSPS) is 11.0. The molecule has 1 amide bonds. The third-order valence-corrected chi connectivity index (χ3v) is 5.55. The molecule has 0 atom stereocenters. The van der Waals surface area contributed by atoms with Crippen LogP contribution in [0.5, 0.6) is 5.75 Å². The predicted molar refractivity (Wildman–Crippen MR) is 134 cm³/mol. The zero-order valence-corrected chi connectivity index (χ0v) is 19.0. The number of nitriles is 1. The second kappa shape index (κ2) is 10.0. The molecule has 1 N–H and O–H groups in total. The van der Waals surface area contributed by atoms with Crippen LogP contribution in [0, 0.1) is 18.3 Å². The highest BCUT2D eigenvalue weighted by Crippen LogP contribution is 2.26. The monoisotopic (exact) mass is 466 g/mol. The summed E-state index contributed by atoms with van der Waals surface area (Å²) in [6.45, 7) is 1.82. The van der Waals surface area contributed by atoms with E-state index in [2.05, 4.69) is 5.32 Å². The van der Waals surface area contributed by atoms with Crippen molar-refractivity contribution in [1.29, 1.82) is 5.26 Å². The van der Waals surface area contributed by atoms with Gasteiger partial charge < -0.3 is 10.1 Å². The van der Waals surface area contributed by atoms with Crippen LogP contribution < -0.4 is 10.1 Å². The summed E-state index contributed by atoms with van der Waals surface area (Å²) in [7, 11) is 0. The van der Waals surface area contributed by atoms with Crippen LogP contribution in [0.4, 0.5) is 5.69 Å². The fraction of sp³-hybridized carbons (Fsp3) is 0.0357. The lowest BCUT2D eigenvalue weighted by Crippen LogP contribution is -2.14. The summed E-state index contributed by atoms with van der Waals surface area (Å²) in [6.07, 6.45) is 1.46. The SMILES string of the molecule is Cc1cccc(Cl)c1NC(=O)/C(C#N)=C/c1ccc(OC(=O)c2cccc3ccccc23)cc1. The molecule has 5 nitrogen and oxygen atoms in total. The Labute approximate surface area is 201 Å². The highest BCUT2D eigenvalue weighted by Gasteiger charge is 2.14. The van der Waals surface area contributed by atoms with Gasteiger partial charge in [-0.2, -0.15) is 5.26 Å². The van der Waals surface area contributed by atoms with Gasteiger partial charge in [0.25, 0.3) is 5.91 Å². The zero-order chi connectivity index (χ0) is 24.1. The van der Waals surface area contributed by atoms with Crippen molar-refractivity contribution in [3.8, 4) is 11.8 Å². The van der Waals surface area contributed by atoms with Crippen molar-refractivity contribution < 1.29 is 14.3 Å². The van der Waals surface area contributed by atoms with Crippen LogP contribution in [-0.2, 0) is 4.79 Å². The molecule has 0 saturated heterocycles. The van der Waals surface area contributed by atoms with Crippen LogP contribution in [0.1, 0.15) is 21.5 Å². The van der Waals surface area contributed by atoms with Gasteiger partial charge in [-0.3, -0.25) is 4.79 Å². The number of halogens is 1. The number of para-hydroxylation sites is 1. The summed E-state index contributed by atoms with van der Waals surface area (Å²) in [5.74, 6) is -0.679. The molecule has 0 bridgehead atoms. The smallest absolute Gasteiger partial charge is 0.344 e. The standard InChI is InChI=1S/C28H19ClN2O3/c1-18-6-4-11-25(29)26(18)31-27(32)21(17-30)16-19-12-14-22(15-13-19)34-28(33)24-10-5-8-20-7-2-3-9-23(20)24/h2-16H,1H3,(H,31,32)/b21-16+. The topological polar surface area (TPSA) is 79.2 Å². The maximum atomic E-state index is 12.7. The Balaban J connectivity index is 1.49. The van der Waals surface area contributed by atoms with Gasteiger partial charge in [-0.05, 0) is 59.2 Å². The average molecular weight is 467 g/mol. The molecule has 166 valence electrons. The number of fused-ring (bicyclic) bond motifs is 1. The van der Waals surface area contributed by atoms with Gasteiger partial charge >= 0.3 is 5.97 Å². The van der Waals surface area contributed by atoms with Crippen LogP contribution in [-0.4, -0.2) is 11.9 Å². The number of esters is 1. The Kier molecular flexibility index (Phi) is 6.72. The number of benzene rings is 4. The molecule has 0 heterocycles. The average Bonchev–Trinajstić information content (AvgIpc) is 2.85. The van der Waals surface area contributed by atoms with E-state index in [4.69, 9.17) is 16.3 Å². The molecule has 0 aliphatic rings. The lowest BCUT2D eigenvalue weighted by atomic mass is 10.0. The Morgan fingerprint density at radius 3 is 2.38 bits per heavy atom. The van der Waals surface area contributed by atoms with Crippen molar-refractivity contribution in [3.63, 3.8) is 0 Å². The zero-order valence-electron chi connectivity index (χ0n) is 18.2. The van der Waals surface area contributed by atoms with Crippen molar-refractivity contribution >= 4 is 46.0 Å². The maximum Gasteiger partial charge on any atom is 0.344 e. The second-order valence-corrected chi connectivity index (χ2v) is 7.95. The summed E-state index contributed by atoms with van der Waals surface area (Å²) >= 11 is 6.16. The van der Waals surface area contributed by atoms with Crippen molar-refractivity contribution in [2.75, 3.05) is 5.32 Å². The molecule has 0 aliphatic carbocycles. The fourth-order valence-electron chi connectivity index (χ4n) is 3.48. The first-order valence-electron chi connectivity index (χ1n) is 10.4. The number of amides is 1. The van der Waals surface area contributed by atoms with E-state index in [1.807, 2.05) is 55.5 Å². The van der Waals surface area contributed by atoms with Gasteiger partial charge in [0.15, 0.2) is 0 Å². The van der Waals surface area contributed by atoms with Crippen molar-refractivity contribution in [2.45, 2.75) is 6.92 Å². The number of nitrogens with zero attached hydrogens (tertiary/aromatic N) is 1. The van der Waals surface area contributed by atoms with Crippen molar-refractivity contribution in [3.05, 3.63) is 112 Å². The van der Waals surface area contributed by atoms with Gasteiger partial charge in [-0.15, -0.1) is 0 Å². The molecule has 6 heteroatoms. The molecule has 0 radical (unpaired) electrons. The summed E-state index contributed by atoms with van der Waals surface area (Å²) in [5.41, 5.74) is 2.24. The summed E-state index contributed by atoms with van der Waals surface area (Å²) in [6, 6.07) is 26.8. The molecule has 0 unspecified atom stereocenters. The van der Waals surface area contributed by atoms with E-state index in [1.165, 1.54) is 6.08 Å². The third-order valence-electron chi connectivity index (χ3n) is 5.24. The van der Waals surface area contributed by atoms with Gasteiger partial charge in [0.2, 0.25) is 0 Å². The Morgan fingerprint density at radius 2 is 1.65 bits per heavy atom. The summed E-state index contributed by atoms with van der Waals surface area (Å²) < 4.78 is 5.53. The molecule has 4 aromatic carbocycles. The largest absolute Gasteiger partial charge is 0.423 e. The Morgan fingerprint density at radius 1 is 0.941 bits per heavy atom. The van der Waals surface area contributed by atoms with E-state index in [0.717, 1.165) is 16.3 Å². The molecular formula is C28H19ClN2O3. The van der Waals surface area contributed by atoms with Crippen LogP contribution in [0.2, 0.25) is 5.02 Å². The number of hydrogen-bond acceptors (Lipinski definition) is 4. The van der Waals surface area contributed by atoms with E-state index in [-0.39, 0.29) is 5.57 Å². The van der Waals surface area contributed by atoms with E-state index in [1.54, 1.807) is 42.5 Å². The van der Waals surface area contributed by atoms with Gasteiger partial charge in [0, 0.05) is 0 Å². The van der Waals surface area contributed by atoms with Crippen molar-refractivity contribution in [2.24, 2.45) is 0 Å². The van der Waals surface area contributed by atoms with E-state index < -0.39 is 11.9 Å². The minimum Gasteiger partial charge on any atom is -0.423 e. The van der Waals surface area contributed by atoms with E-state index in [9.17, 15) is 14.9 Å². The molecule has 4 aromatic rings. The number of ether oxygens (including phenoxy) is 1. The maximum absolute atomic E-state index is 12.7. The van der Waals surface area contributed by atoms with E-state index >= 15 is 0 Å². The first-order chi connectivity index (χ1) is 16.5. The molecule has 34 heavy (non-hydrogen) atoms. The van der Waals surface area contributed by atoms with Crippen molar-refractivity contribution in [1.82, 2.24) is 0 Å².